The molecule has 2 atom stereocenters. The Bertz CT molecular complexity index is 486. The first-order valence-electron chi connectivity index (χ1n) is 5.66. The number of nitrogens with two attached hydrogens (primary N) is 1. The van der Waals surface area contributed by atoms with Gasteiger partial charge in [0.15, 0.2) is 9.84 Å². The molecule has 17 heavy (non-hydrogen) atoms. The standard InChI is InChI=1S/C12H17NO3S/c1-2-16-9-12(13)8-11(12)17(14,15)10-6-4-3-5-7-10/h3-7,11H,2,8-9,13H2,1H3/t11-,12-/m0/s1. The van der Waals surface area contributed by atoms with E-state index in [2.05, 4.69) is 0 Å². The highest BCUT2D eigenvalue weighted by atomic mass is 32.2. The van der Waals surface area contributed by atoms with Gasteiger partial charge in [0.05, 0.1) is 22.3 Å². The third-order valence-electron chi connectivity index (χ3n) is 3.07. The molecule has 2 N–H and O–H groups in total. The second-order valence-electron chi connectivity index (χ2n) is 4.42. The van der Waals surface area contributed by atoms with Crippen LogP contribution in [0.15, 0.2) is 35.2 Å². The molecule has 1 aromatic carbocycles. The average Bonchev–Trinajstić information content (AvgIpc) is 3.02. The molecule has 0 aromatic heterocycles. The van der Waals surface area contributed by atoms with Crippen LogP contribution in [0.1, 0.15) is 13.3 Å². The SMILES string of the molecule is CCOC[C@@]1(N)C[C@@H]1S(=O)(=O)c1ccccc1. The molecule has 0 saturated heterocycles. The summed E-state index contributed by atoms with van der Waals surface area (Å²) in [5.74, 6) is 0. The molecule has 1 aliphatic rings. The van der Waals surface area contributed by atoms with Gasteiger partial charge >= 0.3 is 0 Å². The molecule has 0 amide bonds. The number of ether oxygens (including phenoxy) is 1. The third-order valence-corrected chi connectivity index (χ3v) is 5.38. The van der Waals surface area contributed by atoms with E-state index < -0.39 is 20.6 Å². The van der Waals surface area contributed by atoms with E-state index in [9.17, 15) is 8.42 Å². The van der Waals surface area contributed by atoms with Gasteiger partial charge in [-0.05, 0) is 25.5 Å². The van der Waals surface area contributed by atoms with Crippen LogP contribution < -0.4 is 5.73 Å². The molecule has 0 bridgehead atoms. The predicted molar refractivity (Wildman–Crippen MR) is 65.4 cm³/mol. The van der Waals surface area contributed by atoms with E-state index >= 15 is 0 Å². The zero-order valence-corrected chi connectivity index (χ0v) is 10.6. The molecule has 0 aliphatic heterocycles. The lowest BCUT2D eigenvalue weighted by atomic mass is 10.3. The van der Waals surface area contributed by atoms with Gasteiger partial charge in [-0.15, -0.1) is 0 Å². The van der Waals surface area contributed by atoms with Crippen LogP contribution in [0.4, 0.5) is 0 Å². The molecule has 0 unspecified atom stereocenters. The molecule has 1 aliphatic carbocycles. The number of sulfone groups is 1. The first kappa shape index (κ1) is 12.5. The molecule has 5 heteroatoms. The highest BCUT2D eigenvalue weighted by Gasteiger charge is 2.59. The minimum atomic E-state index is -3.31. The van der Waals surface area contributed by atoms with E-state index in [0.29, 0.717) is 24.5 Å². The Morgan fingerprint density at radius 2 is 2.06 bits per heavy atom. The Hall–Kier alpha value is -0.910. The number of rotatable bonds is 5. The summed E-state index contributed by atoms with van der Waals surface area (Å²) in [6, 6.07) is 8.44. The monoisotopic (exact) mass is 255 g/mol. The van der Waals surface area contributed by atoms with Gasteiger partial charge < -0.3 is 10.5 Å². The average molecular weight is 255 g/mol. The molecule has 0 heterocycles. The van der Waals surface area contributed by atoms with E-state index in [0.717, 1.165) is 0 Å². The van der Waals surface area contributed by atoms with Crippen LogP contribution >= 0.6 is 0 Å². The van der Waals surface area contributed by atoms with Gasteiger partial charge in [-0.25, -0.2) is 8.42 Å². The van der Waals surface area contributed by atoms with Crippen molar-refractivity contribution in [2.75, 3.05) is 13.2 Å². The zero-order chi connectivity index (χ0) is 12.5. The van der Waals surface area contributed by atoms with E-state index in [1.807, 2.05) is 6.92 Å². The lowest BCUT2D eigenvalue weighted by Crippen LogP contribution is -2.35. The van der Waals surface area contributed by atoms with Crippen LogP contribution in [-0.4, -0.2) is 32.4 Å². The van der Waals surface area contributed by atoms with Crippen molar-refractivity contribution >= 4 is 9.84 Å². The van der Waals surface area contributed by atoms with Gasteiger partial charge in [-0.1, -0.05) is 18.2 Å². The van der Waals surface area contributed by atoms with Crippen molar-refractivity contribution in [1.29, 1.82) is 0 Å². The molecule has 0 spiro atoms. The molecule has 4 nitrogen and oxygen atoms in total. The topological polar surface area (TPSA) is 69.4 Å². The maximum absolute atomic E-state index is 12.2. The van der Waals surface area contributed by atoms with Gasteiger partial charge in [0, 0.05) is 6.61 Å². The number of hydrogen-bond donors (Lipinski definition) is 1. The van der Waals surface area contributed by atoms with Crippen molar-refractivity contribution in [3.63, 3.8) is 0 Å². The summed E-state index contributed by atoms with van der Waals surface area (Å²) in [6.07, 6.45) is 0.476. The summed E-state index contributed by atoms with van der Waals surface area (Å²) in [4.78, 5) is 0.342. The largest absolute Gasteiger partial charge is 0.380 e. The van der Waals surface area contributed by atoms with Gasteiger partial charge in [0.1, 0.15) is 0 Å². The Morgan fingerprint density at radius 1 is 1.41 bits per heavy atom. The Kier molecular flexibility index (Phi) is 3.25. The van der Waals surface area contributed by atoms with Crippen molar-refractivity contribution < 1.29 is 13.2 Å². The lowest BCUT2D eigenvalue weighted by molar-refractivity contribution is 0.127. The molecular weight excluding hydrogens is 238 g/mol. The Labute approximate surface area is 102 Å². The summed E-state index contributed by atoms with van der Waals surface area (Å²) in [7, 11) is -3.31. The summed E-state index contributed by atoms with van der Waals surface area (Å²) in [5, 5.41) is -0.510. The van der Waals surface area contributed by atoms with Crippen LogP contribution in [0, 0.1) is 0 Å². The summed E-state index contributed by atoms with van der Waals surface area (Å²) < 4.78 is 29.7. The molecule has 1 saturated carbocycles. The smallest absolute Gasteiger partial charge is 0.183 e. The molecular formula is C12H17NO3S. The normalized spacial score (nSPS) is 28.0. The van der Waals surface area contributed by atoms with Crippen LogP contribution in [0.5, 0.6) is 0 Å². The van der Waals surface area contributed by atoms with E-state index in [1.165, 1.54) is 0 Å². The minimum Gasteiger partial charge on any atom is -0.380 e. The van der Waals surface area contributed by atoms with Crippen LogP contribution in [0.25, 0.3) is 0 Å². The first-order chi connectivity index (χ1) is 8.00. The van der Waals surface area contributed by atoms with E-state index in [4.69, 9.17) is 10.5 Å². The van der Waals surface area contributed by atoms with Crippen LogP contribution in [0.2, 0.25) is 0 Å². The van der Waals surface area contributed by atoms with Crippen LogP contribution in [-0.2, 0) is 14.6 Å². The van der Waals surface area contributed by atoms with Gasteiger partial charge in [0.2, 0.25) is 0 Å². The Morgan fingerprint density at radius 3 is 2.65 bits per heavy atom. The second kappa shape index (κ2) is 4.40. The summed E-state index contributed by atoms with van der Waals surface area (Å²) >= 11 is 0. The van der Waals surface area contributed by atoms with E-state index in [1.54, 1.807) is 30.3 Å². The fraction of sp³-hybridized carbons (Fsp3) is 0.500. The zero-order valence-electron chi connectivity index (χ0n) is 9.80. The highest BCUT2D eigenvalue weighted by molar-refractivity contribution is 7.92. The molecule has 0 radical (unpaired) electrons. The summed E-state index contributed by atoms with van der Waals surface area (Å²) in [6.45, 7) is 2.73. The minimum absolute atomic E-state index is 0.306. The van der Waals surface area contributed by atoms with Gasteiger partial charge in [0.25, 0.3) is 0 Å². The van der Waals surface area contributed by atoms with Gasteiger partial charge in [-0.3, -0.25) is 0 Å². The van der Waals surface area contributed by atoms with Crippen molar-refractivity contribution in [2.24, 2.45) is 5.73 Å². The maximum Gasteiger partial charge on any atom is 0.183 e. The predicted octanol–water partition coefficient (Wildman–Crippen LogP) is 0.967. The third kappa shape index (κ3) is 2.36. The van der Waals surface area contributed by atoms with Crippen molar-refractivity contribution in [1.82, 2.24) is 0 Å². The highest BCUT2D eigenvalue weighted by Crippen LogP contribution is 2.42. The Balaban J connectivity index is 2.15. The van der Waals surface area contributed by atoms with Crippen molar-refractivity contribution in [3.8, 4) is 0 Å². The summed E-state index contributed by atoms with van der Waals surface area (Å²) in [5.41, 5.74) is 5.29. The quantitative estimate of drug-likeness (QED) is 0.851. The molecule has 2 rings (SSSR count). The second-order valence-corrected chi connectivity index (χ2v) is 6.55. The number of hydrogen-bond acceptors (Lipinski definition) is 4. The number of benzene rings is 1. The molecule has 94 valence electrons. The van der Waals surface area contributed by atoms with Crippen molar-refractivity contribution in [2.45, 2.75) is 29.0 Å². The molecule has 1 fully saturated rings. The fourth-order valence-electron chi connectivity index (χ4n) is 1.92. The lowest BCUT2D eigenvalue weighted by Gasteiger charge is -2.11. The first-order valence-corrected chi connectivity index (χ1v) is 7.21. The van der Waals surface area contributed by atoms with Crippen LogP contribution in [0.3, 0.4) is 0 Å². The molecule has 1 aromatic rings. The van der Waals surface area contributed by atoms with E-state index in [-0.39, 0.29) is 0 Å². The van der Waals surface area contributed by atoms with Crippen molar-refractivity contribution in [3.05, 3.63) is 30.3 Å². The fourth-order valence-corrected chi connectivity index (χ4v) is 4.00. The van der Waals surface area contributed by atoms with Gasteiger partial charge in [-0.2, -0.15) is 0 Å². The maximum atomic E-state index is 12.2.